The molecule has 1 aliphatic rings. The summed E-state index contributed by atoms with van der Waals surface area (Å²) in [5.74, 6) is 0.744. The average Bonchev–Trinajstić information content (AvgIpc) is 2.76. The number of carboxylic acids is 1. The van der Waals surface area contributed by atoms with Crippen LogP contribution in [0, 0.1) is 18.3 Å². The highest BCUT2D eigenvalue weighted by atomic mass is 16.6. The van der Waals surface area contributed by atoms with Crippen LogP contribution in [0.3, 0.4) is 0 Å². The number of rotatable bonds is 2. The summed E-state index contributed by atoms with van der Waals surface area (Å²) in [5.41, 5.74) is -2.00. The number of terminal acetylenes is 1. The third kappa shape index (κ3) is 2.45. The SMILES string of the molecule is C#C[C@@H]1C[C@@]1(NC(=O)OC(C)(C)C)C(=O)O. The number of aliphatic carboxylic acids is 1. The standard InChI is InChI=1S/C11H15NO4/c1-5-7-6-11(7,8(13)14)12-9(15)16-10(2,3)4/h1,7H,6H2,2-4H3,(H,12,15)(H,13,14)/t7-,11+/m1/s1. The van der Waals surface area contributed by atoms with E-state index >= 15 is 0 Å². The van der Waals surface area contributed by atoms with E-state index in [1.807, 2.05) is 0 Å². The lowest BCUT2D eigenvalue weighted by Gasteiger charge is -2.21. The molecule has 0 aromatic heterocycles. The minimum Gasteiger partial charge on any atom is -0.479 e. The fourth-order valence-corrected chi connectivity index (χ4v) is 1.38. The molecule has 0 spiro atoms. The Labute approximate surface area is 94.2 Å². The van der Waals surface area contributed by atoms with Crippen LogP contribution in [-0.2, 0) is 9.53 Å². The van der Waals surface area contributed by atoms with Gasteiger partial charge in [-0.2, -0.15) is 0 Å². The zero-order valence-electron chi connectivity index (χ0n) is 9.53. The van der Waals surface area contributed by atoms with Gasteiger partial charge in [-0.15, -0.1) is 12.3 Å². The lowest BCUT2D eigenvalue weighted by atomic mass is 10.2. The molecular formula is C11H15NO4. The van der Waals surface area contributed by atoms with Gasteiger partial charge >= 0.3 is 12.1 Å². The minimum absolute atomic E-state index is 0.248. The van der Waals surface area contributed by atoms with Crippen molar-refractivity contribution in [1.82, 2.24) is 5.32 Å². The van der Waals surface area contributed by atoms with Crippen molar-refractivity contribution in [3.8, 4) is 12.3 Å². The van der Waals surface area contributed by atoms with Crippen molar-refractivity contribution < 1.29 is 19.4 Å². The Balaban J connectivity index is 2.64. The molecule has 0 radical (unpaired) electrons. The zero-order valence-corrected chi connectivity index (χ0v) is 9.53. The highest BCUT2D eigenvalue weighted by Gasteiger charge is 2.61. The first-order chi connectivity index (χ1) is 7.21. The van der Waals surface area contributed by atoms with E-state index in [0.29, 0.717) is 0 Å². The van der Waals surface area contributed by atoms with Crippen LogP contribution in [-0.4, -0.2) is 28.3 Å². The molecule has 2 atom stereocenters. The van der Waals surface area contributed by atoms with Crippen molar-refractivity contribution in [3.05, 3.63) is 0 Å². The van der Waals surface area contributed by atoms with E-state index in [1.165, 1.54) is 0 Å². The number of alkyl carbamates (subject to hydrolysis) is 1. The Hall–Kier alpha value is -1.70. The lowest BCUT2D eigenvalue weighted by molar-refractivity contribution is -0.141. The van der Waals surface area contributed by atoms with Crippen LogP contribution >= 0.6 is 0 Å². The highest BCUT2D eigenvalue weighted by molar-refractivity contribution is 5.89. The first-order valence-electron chi connectivity index (χ1n) is 4.92. The second-order valence-electron chi connectivity index (χ2n) is 4.83. The maximum Gasteiger partial charge on any atom is 0.408 e. The summed E-state index contributed by atoms with van der Waals surface area (Å²) in [7, 11) is 0. The predicted molar refractivity (Wildman–Crippen MR) is 56.7 cm³/mol. The number of hydrogen-bond acceptors (Lipinski definition) is 3. The summed E-state index contributed by atoms with van der Waals surface area (Å²) in [6.07, 6.45) is 4.64. The van der Waals surface area contributed by atoms with Gasteiger partial charge in [-0.1, -0.05) is 0 Å². The molecular weight excluding hydrogens is 210 g/mol. The van der Waals surface area contributed by atoms with Gasteiger partial charge < -0.3 is 15.2 Å². The van der Waals surface area contributed by atoms with Gasteiger partial charge in [0.15, 0.2) is 5.54 Å². The molecule has 0 aromatic carbocycles. The number of carbonyl (C=O) groups is 2. The fraction of sp³-hybridized carbons (Fsp3) is 0.636. The van der Waals surface area contributed by atoms with Gasteiger partial charge in [-0.05, 0) is 27.2 Å². The molecule has 0 aliphatic heterocycles. The van der Waals surface area contributed by atoms with E-state index in [1.54, 1.807) is 20.8 Å². The van der Waals surface area contributed by atoms with Crippen LogP contribution in [0.25, 0.3) is 0 Å². The average molecular weight is 225 g/mol. The maximum absolute atomic E-state index is 11.4. The molecule has 1 saturated carbocycles. The minimum atomic E-state index is -1.34. The monoisotopic (exact) mass is 225 g/mol. The van der Waals surface area contributed by atoms with E-state index < -0.39 is 29.1 Å². The van der Waals surface area contributed by atoms with Crippen molar-refractivity contribution in [2.45, 2.75) is 38.3 Å². The first-order valence-corrected chi connectivity index (χ1v) is 4.92. The molecule has 1 amide bonds. The van der Waals surface area contributed by atoms with Gasteiger partial charge in [0.25, 0.3) is 0 Å². The van der Waals surface area contributed by atoms with Crippen LogP contribution in [0.15, 0.2) is 0 Å². The van der Waals surface area contributed by atoms with E-state index in [9.17, 15) is 9.59 Å². The first kappa shape index (κ1) is 12.4. The zero-order chi connectivity index (χ0) is 12.6. The van der Waals surface area contributed by atoms with Crippen molar-refractivity contribution in [3.63, 3.8) is 0 Å². The molecule has 16 heavy (non-hydrogen) atoms. The second kappa shape index (κ2) is 3.71. The second-order valence-corrected chi connectivity index (χ2v) is 4.83. The summed E-state index contributed by atoms with van der Waals surface area (Å²) in [5, 5.41) is 11.3. The molecule has 1 fully saturated rings. The normalized spacial score (nSPS) is 27.8. The van der Waals surface area contributed by atoms with E-state index in [-0.39, 0.29) is 6.42 Å². The van der Waals surface area contributed by atoms with E-state index in [0.717, 1.165) is 0 Å². The lowest BCUT2D eigenvalue weighted by Crippen LogP contribution is -2.46. The van der Waals surface area contributed by atoms with E-state index in [2.05, 4.69) is 11.2 Å². The van der Waals surface area contributed by atoms with Crippen molar-refractivity contribution in [1.29, 1.82) is 0 Å². The van der Waals surface area contributed by atoms with Crippen LogP contribution in [0.4, 0.5) is 4.79 Å². The molecule has 0 saturated heterocycles. The number of nitrogens with one attached hydrogen (secondary N) is 1. The van der Waals surface area contributed by atoms with Crippen LogP contribution < -0.4 is 5.32 Å². The van der Waals surface area contributed by atoms with Crippen molar-refractivity contribution in [2.24, 2.45) is 5.92 Å². The Morgan fingerprint density at radius 2 is 2.12 bits per heavy atom. The van der Waals surface area contributed by atoms with Gasteiger partial charge in [0.05, 0.1) is 5.92 Å². The molecule has 2 N–H and O–H groups in total. The van der Waals surface area contributed by atoms with Gasteiger partial charge in [-0.3, -0.25) is 0 Å². The van der Waals surface area contributed by atoms with Crippen LogP contribution in [0.1, 0.15) is 27.2 Å². The predicted octanol–water partition coefficient (Wildman–Crippen LogP) is 0.988. The molecule has 0 bridgehead atoms. The van der Waals surface area contributed by atoms with Gasteiger partial charge in [0.1, 0.15) is 5.60 Å². The third-order valence-corrected chi connectivity index (χ3v) is 2.27. The fourth-order valence-electron chi connectivity index (χ4n) is 1.38. The van der Waals surface area contributed by atoms with Gasteiger partial charge in [0.2, 0.25) is 0 Å². The Morgan fingerprint density at radius 3 is 2.44 bits per heavy atom. The van der Waals surface area contributed by atoms with Crippen molar-refractivity contribution >= 4 is 12.1 Å². The Kier molecular flexibility index (Phi) is 2.87. The Morgan fingerprint density at radius 1 is 1.56 bits per heavy atom. The number of ether oxygens (including phenoxy) is 1. The molecule has 0 heterocycles. The maximum atomic E-state index is 11.4. The summed E-state index contributed by atoms with van der Waals surface area (Å²) < 4.78 is 4.97. The van der Waals surface area contributed by atoms with Crippen LogP contribution in [0.5, 0.6) is 0 Å². The third-order valence-electron chi connectivity index (χ3n) is 2.27. The van der Waals surface area contributed by atoms with Gasteiger partial charge in [0, 0.05) is 0 Å². The molecule has 5 heteroatoms. The summed E-state index contributed by atoms with van der Waals surface area (Å²) in [6.45, 7) is 5.10. The molecule has 1 aliphatic carbocycles. The quantitative estimate of drug-likeness (QED) is 0.687. The number of hydrogen-bond donors (Lipinski definition) is 2. The van der Waals surface area contributed by atoms with Crippen molar-refractivity contribution in [2.75, 3.05) is 0 Å². The van der Waals surface area contributed by atoms with Gasteiger partial charge in [-0.25, -0.2) is 9.59 Å². The number of amides is 1. The number of carboxylic acid groups (broad SMARTS) is 1. The molecule has 1 rings (SSSR count). The summed E-state index contributed by atoms with van der Waals surface area (Å²) >= 11 is 0. The molecule has 5 nitrogen and oxygen atoms in total. The summed E-state index contributed by atoms with van der Waals surface area (Å²) in [6, 6.07) is 0. The topological polar surface area (TPSA) is 75.6 Å². The largest absolute Gasteiger partial charge is 0.479 e. The molecule has 0 aromatic rings. The molecule has 0 unspecified atom stereocenters. The Bertz CT molecular complexity index is 363. The van der Waals surface area contributed by atoms with Crippen LogP contribution in [0.2, 0.25) is 0 Å². The summed E-state index contributed by atoms with van der Waals surface area (Å²) in [4.78, 5) is 22.4. The smallest absolute Gasteiger partial charge is 0.408 e. The van der Waals surface area contributed by atoms with E-state index in [4.69, 9.17) is 16.3 Å². The molecule has 88 valence electrons. The highest BCUT2D eigenvalue weighted by Crippen LogP contribution is 2.43. The number of carbonyl (C=O) groups excluding carboxylic acids is 1.